The average Bonchev–Trinajstić information content (AvgIpc) is 2.62. The lowest BCUT2D eigenvalue weighted by molar-refractivity contribution is -0.129. The molecule has 132 valence electrons. The summed E-state index contributed by atoms with van der Waals surface area (Å²) in [6, 6.07) is 6.56. The van der Waals surface area contributed by atoms with Crippen LogP contribution in [0.1, 0.15) is 36.0 Å². The lowest BCUT2D eigenvalue weighted by atomic mass is 10.0. The minimum atomic E-state index is -0.897. The Morgan fingerprint density at radius 1 is 1.24 bits per heavy atom. The van der Waals surface area contributed by atoms with Gasteiger partial charge in [0.15, 0.2) is 0 Å². The third kappa shape index (κ3) is 4.17. The molecular formula is C18H21N3O4. The molecule has 0 saturated carbocycles. The first-order valence-corrected chi connectivity index (χ1v) is 8.43. The van der Waals surface area contributed by atoms with Crippen LogP contribution in [0.3, 0.4) is 0 Å². The first kappa shape index (κ1) is 17.4. The summed E-state index contributed by atoms with van der Waals surface area (Å²) in [5.74, 6) is -0.763. The normalized spacial score (nSPS) is 24.0. The van der Waals surface area contributed by atoms with Crippen LogP contribution >= 0.6 is 0 Å². The Labute approximate surface area is 146 Å². The Morgan fingerprint density at radius 3 is 2.68 bits per heavy atom. The van der Waals surface area contributed by atoms with E-state index >= 15 is 0 Å². The monoisotopic (exact) mass is 343 g/mol. The second kappa shape index (κ2) is 7.65. The number of nitrogens with zero attached hydrogens (tertiary/aromatic N) is 1. The van der Waals surface area contributed by atoms with Crippen LogP contribution in [0, 0.1) is 6.42 Å². The van der Waals surface area contributed by atoms with E-state index in [1.54, 1.807) is 29.2 Å². The number of carbonyl (C=O) groups is 3. The zero-order chi connectivity index (χ0) is 17.8. The first-order valence-electron chi connectivity index (χ1n) is 8.43. The maximum atomic E-state index is 12.4. The number of hydrogen-bond acceptors (Lipinski definition) is 4. The second-order valence-corrected chi connectivity index (χ2v) is 6.18. The number of piperidine rings is 1. The number of carbonyl (C=O) groups excluding carboxylic acids is 3. The average molecular weight is 343 g/mol. The summed E-state index contributed by atoms with van der Waals surface area (Å²) in [6.07, 6.45) is 4.97. The number of anilines is 1. The zero-order valence-electron chi connectivity index (χ0n) is 13.9. The van der Waals surface area contributed by atoms with Crippen LogP contribution in [0.25, 0.3) is 0 Å². The molecule has 0 aromatic heterocycles. The predicted molar refractivity (Wildman–Crippen MR) is 90.7 cm³/mol. The summed E-state index contributed by atoms with van der Waals surface area (Å²) in [7, 11) is 0. The first-order chi connectivity index (χ1) is 12.0. The number of primary amides is 1. The largest absolute Gasteiger partial charge is 0.368 e. The van der Waals surface area contributed by atoms with Crippen molar-refractivity contribution in [3.05, 3.63) is 36.2 Å². The Bertz CT molecular complexity index is 659. The molecular weight excluding hydrogens is 322 g/mol. The fraction of sp³-hybridized carbons (Fsp3) is 0.444. The number of rotatable bonds is 4. The van der Waals surface area contributed by atoms with Gasteiger partial charge in [0.1, 0.15) is 6.10 Å². The van der Waals surface area contributed by atoms with Crippen molar-refractivity contribution in [2.24, 2.45) is 5.73 Å². The highest BCUT2D eigenvalue weighted by Crippen LogP contribution is 2.21. The van der Waals surface area contributed by atoms with Gasteiger partial charge in [-0.1, -0.05) is 0 Å². The van der Waals surface area contributed by atoms with Gasteiger partial charge in [0.25, 0.3) is 5.91 Å². The van der Waals surface area contributed by atoms with Crippen LogP contribution in [-0.2, 0) is 14.3 Å². The molecule has 2 radical (unpaired) electrons. The molecule has 0 aliphatic carbocycles. The lowest BCUT2D eigenvalue weighted by Gasteiger charge is -2.28. The van der Waals surface area contributed by atoms with Gasteiger partial charge < -0.3 is 20.7 Å². The van der Waals surface area contributed by atoms with E-state index in [2.05, 4.69) is 11.7 Å². The molecule has 2 saturated heterocycles. The van der Waals surface area contributed by atoms with Crippen LogP contribution in [0.15, 0.2) is 24.3 Å². The van der Waals surface area contributed by atoms with Gasteiger partial charge >= 0.3 is 0 Å². The third-order valence-electron chi connectivity index (χ3n) is 4.37. The third-order valence-corrected chi connectivity index (χ3v) is 4.37. The molecule has 0 bridgehead atoms. The van der Waals surface area contributed by atoms with Crippen molar-refractivity contribution in [2.75, 3.05) is 18.1 Å². The number of nitrogens with one attached hydrogen (secondary N) is 1. The van der Waals surface area contributed by atoms with Crippen molar-refractivity contribution in [3.8, 4) is 0 Å². The van der Waals surface area contributed by atoms with Crippen molar-refractivity contribution in [1.29, 1.82) is 0 Å². The number of benzene rings is 1. The topological polar surface area (TPSA) is 102 Å². The van der Waals surface area contributed by atoms with Crippen molar-refractivity contribution in [2.45, 2.75) is 37.8 Å². The second-order valence-electron chi connectivity index (χ2n) is 6.18. The van der Waals surface area contributed by atoms with Crippen LogP contribution in [0.2, 0.25) is 0 Å². The zero-order valence-corrected chi connectivity index (χ0v) is 13.9. The highest BCUT2D eigenvalue weighted by Gasteiger charge is 2.28. The van der Waals surface area contributed by atoms with Gasteiger partial charge in [-0.3, -0.25) is 14.4 Å². The van der Waals surface area contributed by atoms with Gasteiger partial charge in [0, 0.05) is 43.3 Å². The number of hydrogen-bond donors (Lipinski definition) is 2. The molecule has 2 atom stereocenters. The maximum Gasteiger partial charge on any atom is 0.251 e. The molecule has 7 heteroatoms. The molecule has 2 fully saturated rings. The van der Waals surface area contributed by atoms with E-state index in [0.29, 0.717) is 31.6 Å². The Kier molecular flexibility index (Phi) is 5.33. The smallest absolute Gasteiger partial charge is 0.251 e. The van der Waals surface area contributed by atoms with Gasteiger partial charge in [-0.2, -0.15) is 0 Å². The van der Waals surface area contributed by atoms with Crippen LogP contribution in [-0.4, -0.2) is 43.0 Å². The Morgan fingerprint density at radius 2 is 2.00 bits per heavy atom. The van der Waals surface area contributed by atoms with Gasteiger partial charge in [-0.25, -0.2) is 0 Å². The van der Waals surface area contributed by atoms with E-state index in [9.17, 15) is 14.4 Å². The molecule has 3 rings (SSSR count). The lowest BCUT2D eigenvalue weighted by Crippen LogP contribution is -2.46. The minimum absolute atomic E-state index is 0.118. The summed E-state index contributed by atoms with van der Waals surface area (Å²) in [5, 5.41) is 2.81. The molecule has 25 heavy (non-hydrogen) atoms. The van der Waals surface area contributed by atoms with E-state index in [4.69, 9.17) is 10.5 Å². The van der Waals surface area contributed by atoms with Crippen molar-refractivity contribution >= 4 is 23.4 Å². The van der Waals surface area contributed by atoms with E-state index in [1.165, 1.54) is 0 Å². The van der Waals surface area contributed by atoms with E-state index < -0.39 is 12.0 Å². The van der Waals surface area contributed by atoms with Crippen molar-refractivity contribution < 1.29 is 19.1 Å². The fourth-order valence-corrected chi connectivity index (χ4v) is 3.01. The summed E-state index contributed by atoms with van der Waals surface area (Å²) < 4.78 is 5.18. The number of ether oxygens (including phenoxy) is 1. The SMILES string of the molecule is NC(=O)C1[C]C(NC(=O)c2ccc(N3CCCCC3=O)cc2)CCO1. The van der Waals surface area contributed by atoms with Gasteiger partial charge in [0.2, 0.25) is 11.8 Å². The molecule has 2 aliphatic rings. The summed E-state index contributed by atoms with van der Waals surface area (Å²) in [4.78, 5) is 37.2. The molecule has 2 heterocycles. The standard InChI is InChI=1S/C18H21N3O4/c19-17(23)15-11-13(8-10-25-15)20-18(24)12-4-6-14(7-5-12)21-9-2-1-3-16(21)22/h4-7,13,15H,1-3,8-10H2,(H2,19,23)(H,20,24). The van der Waals surface area contributed by atoms with Gasteiger partial charge in [0.05, 0.1) is 0 Å². The Hall–Kier alpha value is -2.41. The summed E-state index contributed by atoms with van der Waals surface area (Å²) in [5.41, 5.74) is 6.49. The van der Waals surface area contributed by atoms with E-state index in [-0.39, 0.29) is 17.9 Å². The molecule has 2 aliphatic heterocycles. The fourth-order valence-electron chi connectivity index (χ4n) is 3.01. The maximum absolute atomic E-state index is 12.4. The van der Waals surface area contributed by atoms with E-state index in [0.717, 1.165) is 18.5 Å². The van der Waals surface area contributed by atoms with Crippen LogP contribution < -0.4 is 16.0 Å². The summed E-state index contributed by atoms with van der Waals surface area (Å²) in [6.45, 7) is 1.05. The number of amides is 3. The molecule has 3 amide bonds. The molecule has 1 aromatic rings. The van der Waals surface area contributed by atoms with E-state index in [1.807, 2.05) is 0 Å². The number of nitrogens with two attached hydrogens (primary N) is 1. The molecule has 1 aromatic carbocycles. The molecule has 2 unspecified atom stereocenters. The minimum Gasteiger partial charge on any atom is -0.368 e. The molecule has 0 spiro atoms. The van der Waals surface area contributed by atoms with Crippen molar-refractivity contribution in [3.63, 3.8) is 0 Å². The highest BCUT2D eigenvalue weighted by atomic mass is 16.5. The summed E-state index contributed by atoms with van der Waals surface area (Å²) >= 11 is 0. The van der Waals surface area contributed by atoms with Gasteiger partial charge in [-0.05, 0) is 43.5 Å². The van der Waals surface area contributed by atoms with Gasteiger partial charge in [-0.15, -0.1) is 0 Å². The van der Waals surface area contributed by atoms with Crippen LogP contribution in [0.5, 0.6) is 0 Å². The quantitative estimate of drug-likeness (QED) is 0.838. The van der Waals surface area contributed by atoms with Crippen molar-refractivity contribution in [1.82, 2.24) is 5.32 Å². The molecule has 3 N–H and O–H groups in total. The highest BCUT2D eigenvalue weighted by molar-refractivity contribution is 5.97. The van der Waals surface area contributed by atoms with Crippen LogP contribution in [0.4, 0.5) is 5.69 Å². The molecule has 7 nitrogen and oxygen atoms in total. The Balaban J connectivity index is 1.61. The predicted octanol–water partition coefficient (Wildman–Crippen LogP) is 0.657.